The molecule has 1 aromatic heterocycles. The second kappa shape index (κ2) is 8.75. The Morgan fingerprint density at radius 1 is 1.09 bits per heavy atom. The highest BCUT2D eigenvalue weighted by molar-refractivity contribution is 6.06. The van der Waals surface area contributed by atoms with Gasteiger partial charge in [-0.2, -0.15) is 4.98 Å². The van der Waals surface area contributed by atoms with E-state index in [0.29, 0.717) is 34.0 Å². The molecule has 4 aromatic rings. The average molecular weight is 468 g/mol. The maximum Gasteiger partial charge on any atom is 0.270 e. The molecule has 0 aliphatic carbocycles. The van der Waals surface area contributed by atoms with Crippen molar-refractivity contribution in [2.24, 2.45) is 0 Å². The lowest BCUT2D eigenvalue weighted by molar-refractivity contribution is -0.384. The monoisotopic (exact) mass is 468 g/mol. The Kier molecular flexibility index (Phi) is 5.46. The molecule has 0 fully saturated rings. The second-order valence-electron chi connectivity index (χ2n) is 7.99. The van der Waals surface area contributed by atoms with E-state index < -0.39 is 11.0 Å². The standard InChI is InChI=1S/C25H20N6O4/c1-15-21(24(33)27-18-9-3-2-4-10-18)22(16-7-6-12-20(32)14-16)30-25(26-15)28-23(29-30)17-8-5-11-19(13-17)31(34)35/h2-14,22,32H,1H3,(H,27,33)(H,26,28,29). The fourth-order valence-electron chi connectivity index (χ4n) is 4.05. The number of carbonyl (C=O) groups excluding carboxylic acids is 1. The maximum absolute atomic E-state index is 13.4. The number of non-ortho nitro benzene ring substituents is 1. The lowest BCUT2D eigenvalue weighted by Gasteiger charge is -2.28. The van der Waals surface area contributed by atoms with Crippen LogP contribution in [0.5, 0.6) is 5.75 Å². The minimum atomic E-state index is -0.706. The topological polar surface area (TPSA) is 135 Å². The van der Waals surface area contributed by atoms with Gasteiger partial charge in [-0.15, -0.1) is 5.10 Å². The van der Waals surface area contributed by atoms with Crippen LogP contribution >= 0.6 is 0 Å². The first kappa shape index (κ1) is 21.8. The minimum absolute atomic E-state index is 0.0436. The van der Waals surface area contributed by atoms with Crippen molar-refractivity contribution in [1.29, 1.82) is 0 Å². The summed E-state index contributed by atoms with van der Waals surface area (Å²) in [7, 11) is 0. The van der Waals surface area contributed by atoms with E-state index in [1.54, 1.807) is 60.1 Å². The Labute approximate surface area is 199 Å². The summed E-state index contributed by atoms with van der Waals surface area (Å²) in [6, 6.07) is 21.0. The molecule has 2 heterocycles. The number of carbonyl (C=O) groups is 1. The number of allylic oxidation sites excluding steroid dienone is 1. The number of benzene rings is 3. The molecule has 1 unspecified atom stereocenters. The summed E-state index contributed by atoms with van der Waals surface area (Å²) in [5, 5.41) is 32.0. The lowest BCUT2D eigenvalue weighted by Crippen LogP contribution is -2.31. The van der Waals surface area contributed by atoms with Gasteiger partial charge in [0.2, 0.25) is 5.95 Å². The quantitative estimate of drug-likeness (QED) is 0.290. The number of para-hydroxylation sites is 1. The summed E-state index contributed by atoms with van der Waals surface area (Å²) in [6.07, 6.45) is 0. The Morgan fingerprint density at radius 3 is 2.60 bits per heavy atom. The Balaban J connectivity index is 1.61. The number of fused-ring (bicyclic) bond motifs is 1. The third-order valence-corrected chi connectivity index (χ3v) is 5.63. The molecule has 5 rings (SSSR count). The number of phenols is 1. The number of amides is 1. The van der Waals surface area contributed by atoms with Crippen molar-refractivity contribution in [2.75, 3.05) is 10.6 Å². The van der Waals surface area contributed by atoms with Crippen LogP contribution in [-0.4, -0.2) is 30.7 Å². The van der Waals surface area contributed by atoms with Crippen molar-refractivity contribution in [2.45, 2.75) is 13.0 Å². The largest absolute Gasteiger partial charge is 0.508 e. The van der Waals surface area contributed by atoms with E-state index in [1.807, 2.05) is 18.2 Å². The van der Waals surface area contributed by atoms with E-state index in [9.17, 15) is 20.0 Å². The molecule has 0 saturated carbocycles. The molecule has 1 amide bonds. The highest BCUT2D eigenvalue weighted by Crippen LogP contribution is 2.38. The SMILES string of the molecule is CC1=C(C(=O)Nc2ccccc2)C(c2cccc(O)c2)n2nc(-c3cccc([N+](=O)[O-])c3)nc2N1. The van der Waals surface area contributed by atoms with Gasteiger partial charge in [-0.05, 0) is 36.8 Å². The van der Waals surface area contributed by atoms with E-state index in [-0.39, 0.29) is 23.2 Å². The summed E-state index contributed by atoms with van der Waals surface area (Å²) in [5.74, 6) is 0.335. The number of hydrogen-bond acceptors (Lipinski definition) is 7. The van der Waals surface area contributed by atoms with E-state index in [0.717, 1.165) is 0 Å². The van der Waals surface area contributed by atoms with E-state index >= 15 is 0 Å². The van der Waals surface area contributed by atoms with Gasteiger partial charge in [0.1, 0.15) is 11.8 Å². The van der Waals surface area contributed by atoms with Crippen LogP contribution in [0.15, 0.2) is 90.1 Å². The summed E-state index contributed by atoms with van der Waals surface area (Å²) in [6.45, 7) is 1.76. The first-order chi connectivity index (χ1) is 16.9. The van der Waals surface area contributed by atoms with E-state index in [2.05, 4.69) is 20.7 Å². The first-order valence-corrected chi connectivity index (χ1v) is 10.7. The zero-order valence-corrected chi connectivity index (χ0v) is 18.5. The number of hydrogen-bond donors (Lipinski definition) is 3. The normalized spacial score (nSPS) is 14.7. The van der Waals surface area contributed by atoms with Gasteiger partial charge in [0.25, 0.3) is 11.6 Å². The molecule has 1 atom stereocenters. The summed E-state index contributed by atoms with van der Waals surface area (Å²) in [5.41, 5.74) is 2.60. The number of nitrogens with zero attached hydrogens (tertiary/aromatic N) is 4. The molecule has 0 spiro atoms. The number of nitro benzene ring substituents is 1. The van der Waals surface area contributed by atoms with Crippen molar-refractivity contribution in [1.82, 2.24) is 14.8 Å². The molecule has 10 heteroatoms. The van der Waals surface area contributed by atoms with Crippen LogP contribution < -0.4 is 10.6 Å². The Morgan fingerprint density at radius 2 is 1.86 bits per heavy atom. The number of aromatic hydroxyl groups is 1. The van der Waals surface area contributed by atoms with Crippen LogP contribution in [0, 0.1) is 10.1 Å². The van der Waals surface area contributed by atoms with Crippen LogP contribution in [-0.2, 0) is 4.79 Å². The van der Waals surface area contributed by atoms with Crippen molar-refractivity contribution in [3.63, 3.8) is 0 Å². The van der Waals surface area contributed by atoms with Gasteiger partial charge in [-0.25, -0.2) is 4.68 Å². The highest BCUT2D eigenvalue weighted by Gasteiger charge is 2.34. The van der Waals surface area contributed by atoms with Gasteiger partial charge >= 0.3 is 0 Å². The Hall–Kier alpha value is -4.99. The predicted octanol–water partition coefficient (Wildman–Crippen LogP) is 4.49. The maximum atomic E-state index is 13.4. The van der Waals surface area contributed by atoms with Gasteiger partial charge in [-0.3, -0.25) is 14.9 Å². The minimum Gasteiger partial charge on any atom is -0.508 e. The number of nitro groups is 1. The van der Waals surface area contributed by atoms with Crippen LogP contribution in [0.1, 0.15) is 18.5 Å². The molecule has 0 saturated heterocycles. The molecule has 174 valence electrons. The van der Waals surface area contributed by atoms with E-state index in [1.165, 1.54) is 12.1 Å². The van der Waals surface area contributed by atoms with E-state index in [4.69, 9.17) is 0 Å². The van der Waals surface area contributed by atoms with Crippen LogP contribution in [0.2, 0.25) is 0 Å². The number of rotatable bonds is 5. The van der Waals surface area contributed by atoms with Gasteiger partial charge < -0.3 is 15.7 Å². The fourth-order valence-corrected chi connectivity index (χ4v) is 4.05. The van der Waals surface area contributed by atoms with Gasteiger partial charge in [0, 0.05) is 29.1 Å². The van der Waals surface area contributed by atoms with Crippen molar-refractivity contribution >= 4 is 23.2 Å². The smallest absolute Gasteiger partial charge is 0.270 e. The molecule has 0 radical (unpaired) electrons. The van der Waals surface area contributed by atoms with Gasteiger partial charge in [-0.1, -0.05) is 42.5 Å². The van der Waals surface area contributed by atoms with Gasteiger partial charge in [0.05, 0.1) is 10.5 Å². The lowest BCUT2D eigenvalue weighted by atomic mass is 9.95. The van der Waals surface area contributed by atoms with Crippen LogP contribution in [0.3, 0.4) is 0 Å². The number of aromatic nitrogens is 3. The third kappa shape index (κ3) is 4.20. The van der Waals surface area contributed by atoms with Crippen LogP contribution in [0.4, 0.5) is 17.3 Å². The van der Waals surface area contributed by atoms with Gasteiger partial charge in [0.15, 0.2) is 5.82 Å². The molecule has 35 heavy (non-hydrogen) atoms. The van der Waals surface area contributed by atoms with Crippen molar-refractivity contribution < 1.29 is 14.8 Å². The highest BCUT2D eigenvalue weighted by atomic mass is 16.6. The number of nitrogens with one attached hydrogen (secondary N) is 2. The predicted molar refractivity (Wildman–Crippen MR) is 130 cm³/mol. The molecule has 1 aliphatic heterocycles. The molecular formula is C25H20N6O4. The van der Waals surface area contributed by atoms with Crippen LogP contribution in [0.25, 0.3) is 11.4 Å². The molecule has 0 bridgehead atoms. The molecule has 3 N–H and O–H groups in total. The second-order valence-corrected chi connectivity index (χ2v) is 7.99. The zero-order valence-electron chi connectivity index (χ0n) is 18.5. The zero-order chi connectivity index (χ0) is 24.5. The summed E-state index contributed by atoms with van der Waals surface area (Å²) >= 11 is 0. The third-order valence-electron chi connectivity index (χ3n) is 5.63. The number of phenolic OH excluding ortho intramolecular Hbond substituents is 1. The summed E-state index contributed by atoms with van der Waals surface area (Å²) in [4.78, 5) is 28.7. The van der Waals surface area contributed by atoms with Crippen molar-refractivity contribution in [3.05, 3.63) is 106 Å². The average Bonchev–Trinajstić information content (AvgIpc) is 3.27. The number of anilines is 2. The molecule has 3 aromatic carbocycles. The first-order valence-electron chi connectivity index (χ1n) is 10.7. The molecular weight excluding hydrogens is 448 g/mol. The summed E-state index contributed by atoms with van der Waals surface area (Å²) < 4.78 is 1.55. The molecule has 1 aliphatic rings. The van der Waals surface area contributed by atoms with Crippen molar-refractivity contribution in [3.8, 4) is 17.1 Å². The molecule has 10 nitrogen and oxygen atoms in total. The fraction of sp³-hybridized carbons (Fsp3) is 0.0800. The Bertz CT molecular complexity index is 1480.